The summed E-state index contributed by atoms with van der Waals surface area (Å²) in [5, 5.41) is 8.55. The summed E-state index contributed by atoms with van der Waals surface area (Å²) in [4.78, 5) is 22.6. The van der Waals surface area contributed by atoms with Crippen LogP contribution < -0.4 is 0 Å². The minimum absolute atomic E-state index is 0.0738. The Bertz CT molecular complexity index is 509. The highest BCUT2D eigenvalue weighted by Crippen LogP contribution is 2.46. The molecule has 0 aliphatic carbocycles. The van der Waals surface area contributed by atoms with Crippen molar-refractivity contribution in [3.05, 3.63) is 12.2 Å². The predicted octanol–water partition coefficient (Wildman–Crippen LogP) is 2.37. The number of ether oxygens (including phenoxy) is 1. The van der Waals surface area contributed by atoms with E-state index in [1.807, 2.05) is 13.8 Å². The first-order valence-corrected chi connectivity index (χ1v) is 14.8. The third-order valence-corrected chi connectivity index (χ3v) is 10.6. The zero-order valence-corrected chi connectivity index (χ0v) is 21.5. The second kappa shape index (κ2) is 9.98. The van der Waals surface area contributed by atoms with Crippen LogP contribution in [0.3, 0.4) is 0 Å². The van der Waals surface area contributed by atoms with Crippen molar-refractivity contribution in [3.63, 3.8) is 0 Å². The molecule has 26 heavy (non-hydrogen) atoms. The molecule has 0 bridgehead atoms. The molecular weight excluding hydrogens is 384 g/mol. The number of carbonyl (C=O) groups excluding carboxylic acids is 1. The van der Waals surface area contributed by atoms with Crippen molar-refractivity contribution in [2.24, 2.45) is 11.8 Å². The van der Waals surface area contributed by atoms with Gasteiger partial charge in [-0.15, -0.1) is 0 Å². The van der Waals surface area contributed by atoms with Crippen LogP contribution in [0.4, 0.5) is 0 Å². The van der Waals surface area contributed by atoms with Gasteiger partial charge in [0.05, 0.1) is 0 Å². The van der Waals surface area contributed by atoms with Gasteiger partial charge in [0.15, 0.2) is 18.1 Å². The number of carboxylic acids is 1. The van der Waals surface area contributed by atoms with E-state index in [2.05, 4.69) is 47.3 Å². The van der Waals surface area contributed by atoms with Gasteiger partial charge in [0.1, 0.15) is 5.60 Å². The molecule has 0 aromatic carbocycles. The van der Waals surface area contributed by atoms with E-state index in [9.17, 15) is 9.59 Å². The minimum atomic E-state index is -1.55. The van der Waals surface area contributed by atoms with E-state index >= 15 is 0 Å². The molecule has 1 N–H and O–H groups in total. The van der Waals surface area contributed by atoms with Crippen LogP contribution in [-0.2, 0) is 22.6 Å². The van der Waals surface area contributed by atoms with Crippen LogP contribution in [-0.4, -0.2) is 50.7 Å². The van der Waals surface area contributed by atoms with Crippen LogP contribution in [0.2, 0.25) is 24.7 Å². The summed E-state index contributed by atoms with van der Waals surface area (Å²) in [6.45, 7) is 18.8. The van der Waals surface area contributed by atoms with Gasteiger partial charge < -0.3 is 18.1 Å². The molecule has 0 aliphatic rings. The van der Waals surface area contributed by atoms with E-state index in [-0.39, 0.29) is 16.9 Å². The topological polar surface area (TPSA) is 82.1 Å². The molecule has 0 aliphatic heterocycles. The van der Waals surface area contributed by atoms with Crippen molar-refractivity contribution in [2.45, 2.75) is 71.8 Å². The van der Waals surface area contributed by atoms with Gasteiger partial charge in [-0.2, -0.15) is 0 Å². The monoisotopic (exact) mass is 420 g/mol. The summed E-state index contributed by atoms with van der Waals surface area (Å²) in [5.74, 6) is -1.47. The van der Waals surface area contributed by atoms with Crippen LogP contribution in [0.5, 0.6) is 0 Å². The molecule has 0 radical (unpaired) electrons. The molecule has 6 nitrogen and oxygen atoms in total. The zero-order chi connectivity index (χ0) is 20.8. The van der Waals surface area contributed by atoms with Crippen molar-refractivity contribution in [2.75, 3.05) is 0 Å². The molecule has 0 aromatic rings. The Kier molecular flexibility index (Phi) is 9.69. The maximum atomic E-state index is 12.0. The SMILES string of the molecule is CC(C)C(C(C)(C)OC(=O)C=CC(=O)O)C(C)(C)[SiH2]O[SiH2]O[Si](C)(C)C. The standard InChI is InChI=1S/C17H36O6Si3/c1-12(2)15(16(3,4)21-14(20)11-10-13(18)19)17(5,6)24-22-25-23-26(7,8)9/h10-12,15H,24-25H2,1-9H3,(H,18,19). The summed E-state index contributed by atoms with van der Waals surface area (Å²) in [6.07, 6.45) is 1.75. The maximum absolute atomic E-state index is 12.0. The molecule has 0 heterocycles. The fraction of sp³-hybridized carbons (Fsp3) is 0.765. The molecule has 0 saturated heterocycles. The quantitative estimate of drug-likeness (QED) is 0.239. The van der Waals surface area contributed by atoms with E-state index < -0.39 is 45.6 Å². The largest absolute Gasteiger partial charge is 0.478 e. The van der Waals surface area contributed by atoms with Crippen molar-refractivity contribution in [1.29, 1.82) is 0 Å². The first-order valence-electron chi connectivity index (χ1n) is 8.94. The molecule has 1 atom stereocenters. The Morgan fingerprint density at radius 1 is 1.08 bits per heavy atom. The number of rotatable bonds is 11. The summed E-state index contributed by atoms with van der Waals surface area (Å²) < 4.78 is 17.6. The van der Waals surface area contributed by atoms with Crippen LogP contribution in [0.25, 0.3) is 0 Å². The lowest BCUT2D eigenvalue weighted by atomic mass is 9.74. The molecule has 0 aromatic heterocycles. The van der Waals surface area contributed by atoms with Crippen molar-refractivity contribution in [1.82, 2.24) is 0 Å². The number of hydrogen-bond acceptors (Lipinski definition) is 5. The van der Waals surface area contributed by atoms with Gasteiger partial charge >= 0.3 is 11.9 Å². The van der Waals surface area contributed by atoms with Crippen LogP contribution >= 0.6 is 0 Å². The summed E-state index contributed by atoms with van der Waals surface area (Å²) in [7, 11) is -3.42. The van der Waals surface area contributed by atoms with E-state index in [0.717, 1.165) is 12.2 Å². The zero-order valence-electron chi connectivity index (χ0n) is 17.7. The maximum Gasteiger partial charge on any atom is 0.331 e. The van der Waals surface area contributed by atoms with Crippen LogP contribution in [0.1, 0.15) is 41.5 Å². The Morgan fingerprint density at radius 2 is 1.62 bits per heavy atom. The number of aliphatic carboxylic acids is 1. The molecule has 1 unspecified atom stereocenters. The van der Waals surface area contributed by atoms with Crippen molar-refractivity contribution in [3.8, 4) is 0 Å². The fourth-order valence-corrected chi connectivity index (χ4v) is 9.83. The lowest BCUT2D eigenvalue weighted by molar-refractivity contribution is -0.159. The normalized spacial score (nSPS) is 15.6. The smallest absolute Gasteiger partial charge is 0.331 e. The Hall–Kier alpha value is -0.749. The highest BCUT2D eigenvalue weighted by molar-refractivity contribution is 6.73. The van der Waals surface area contributed by atoms with E-state index in [0.29, 0.717) is 0 Å². The van der Waals surface area contributed by atoms with Crippen molar-refractivity contribution >= 4 is 40.0 Å². The van der Waals surface area contributed by atoms with Gasteiger partial charge in [-0.1, -0.05) is 27.7 Å². The Labute approximate surface area is 163 Å². The number of carbonyl (C=O) groups is 2. The lowest BCUT2D eigenvalue weighted by Gasteiger charge is -2.46. The Balaban J connectivity index is 5.10. The van der Waals surface area contributed by atoms with Gasteiger partial charge in [0.2, 0.25) is 0 Å². The number of esters is 1. The molecule has 152 valence electrons. The molecule has 0 saturated carbocycles. The first kappa shape index (κ1) is 25.3. The van der Waals surface area contributed by atoms with Crippen LogP contribution in [0, 0.1) is 11.8 Å². The predicted molar refractivity (Wildman–Crippen MR) is 112 cm³/mol. The second-order valence-electron chi connectivity index (χ2n) is 9.13. The van der Waals surface area contributed by atoms with Gasteiger partial charge in [-0.3, -0.25) is 0 Å². The minimum Gasteiger partial charge on any atom is -0.478 e. The lowest BCUT2D eigenvalue weighted by Crippen LogP contribution is -2.47. The summed E-state index contributed by atoms with van der Waals surface area (Å²) >= 11 is 0. The third kappa shape index (κ3) is 9.81. The Morgan fingerprint density at radius 3 is 2.04 bits per heavy atom. The highest BCUT2D eigenvalue weighted by Gasteiger charge is 2.45. The van der Waals surface area contributed by atoms with Gasteiger partial charge in [-0.05, 0) is 44.4 Å². The molecule has 9 heteroatoms. The molecule has 0 spiro atoms. The third-order valence-electron chi connectivity index (χ3n) is 4.03. The fourth-order valence-electron chi connectivity index (χ4n) is 3.76. The van der Waals surface area contributed by atoms with E-state index in [4.69, 9.17) is 18.1 Å². The van der Waals surface area contributed by atoms with E-state index in [1.54, 1.807) is 0 Å². The highest BCUT2D eigenvalue weighted by atomic mass is 28.4. The average Bonchev–Trinajstić information content (AvgIpc) is 2.38. The average molecular weight is 421 g/mol. The molecule has 0 fully saturated rings. The summed E-state index contributed by atoms with van der Waals surface area (Å²) in [5.41, 5.74) is -0.741. The van der Waals surface area contributed by atoms with Crippen LogP contribution in [0.15, 0.2) is 12.2 Å². The molecular formula is C17H36O6Si3. The number of carboxylic acid groups (broad SMARTS) is 1. The summed E-state index contributed by atoms with van der Waals surface area (Å²) in [6, 6.07) is 0. The number of hydrogen-bond donors (Lipinski definition) is 1. The van der Waals surface area contributed by atoms with Gasteiger partial charge in [0.25, 0.3) is 10.0 Å². The van der Waals surface area contributed by atoms with Gasteiger partial charge in [-0.25, -0.2) is 9.59 Å². The first-order chi connectivity index (χ1) is 11.6. The molecule has 0 rings (SSSR count). The van der Waals surface area contributed by atoms with E-state index in [1.165, 1.54) is 0 Å². The second-order valence-corrected chi connectivity index (χ2v) is 18.5. The van der Waals surface area contributed by atoms with Crippen molar-refractivity contribution < 1.29 is 27.7 Å². The molecule has 0 amide bonds. The van der Waals surface area contributed by atoms with Gasteiger partial charge in [0, 0.05) is 18.1 Å².